The standard InChI is InChI=1S/C23H24F7N5OS/c1-20(9-18(36)33-16-7-8-17(16)37-15-5-3-13(24)4-6-15)12-35(34-19(20)22(25,26)27)14-10-31-21(2,32-11-14)23(28,29)30/h3-6,10-11,16-17,31H,7-9,12H2,1-2H3,(H,33,36). The molecule has 1 aromatic rings. The van der Waals surface area contributed by atoms with Crippen LogP contribution in [0.4, 0.5) is 30.7 Å². The number of nitrogens with one attached hydrogen (secondary N) is 2. The Balaban J connectivity index is 1.42. The summed E-state index contributed by atoms with van der Waals surface area (Å²) in [5, 5.41) is 9.38. The van der Waals surface area contributed by atoms with Crippen LogP contribution in [-0.4, -0.2) is 58.7 Å². The molecule has 202 valence electrons. The quantitative estimate of drug-likeness (QED) is 0.489. The van der Waals surface area contributed by atoms with E-state index in [9.17, 15) is 35.5 Å². The number of aliphatic imine (C=N–C) groups is 1. The third kappa shape index (κ3) is 5.73. The molecule has 1 aliphatic carbocycles. The van der Waals surface area contributed by atoms with Crippen LogP contribution in [0.3, 0.4) is 0 Å². The van der Waals surface area contributed by atoms with Gasteiger partial charge in [-0.05, 0) is 44.0 Å². The van der Waals surface area contributed by atoms with Crippen molar-refractivity contribution in [1.82, 2.24) is 15.6 Å². The minimum absolute atomic E-state index is 0.00401. The Hall–Kier alpha value is -2.77. The van der Waals surface area contributed by atoms with Gasteiger partial charge in [-0.25, -0.2) is 4.39 Å². The predicted octanol–water partition coefficient (Wildman–Crippen LogP) is 4.99. The maximum Gasteiger partial charge on any atom is 0.431 e. The van der Waals surface area contributed by atoms with E-state index in [2.05, 4.69) is 20.7 Å². The summed E-state index contributed by atoms with van der Waals surface area (Å²) in [5.41, 5.74) is -5.64. The molecule has 6 nitrogen and oxygen atoms in total. The summed E-state index contributed by atoms with van der Waals surface area (Å²) in [5.74, 6) is -0.964. The van der Waals surface area contributed by atoms with Crippen molar-refractivity contribution in [3.63, 3.8) is 0 Å². The fourth-order valence-electron chi connectivity index (χ4n) is 4.23. The van der Waals surface area contributed by atoms with E-state index in [4.69, 9.17) is 0 Å². The molecule has 2 aliphatic heterocycles. The van der Waals surface area contributed by atoms with Gasteiger partial charge in [-0.3, -0.25) is 14.8 Å². The number of allylic oxidation sites excluding steroid dienone is 1. The topological polar surface area (TPSA) is 69.1 Å². The molecule has 3 aliphatic rings. The van der Waals surface area contributed by atoms with Crippen molar-refractivity contribution in [3.05, 3.63) is 42.0 Å². The molecule has 1 fully saturated rings. The van der Waals surface area contributed by atoms with Crippen LogP contribution < -0.4 is 10.6 Å². The number of nitrogens with zero attached hydrogens (tertiary/aromatic N) is 3. The minimum atomic E-state index is -4.86. The van der Waals surface area contributed by atoms with Gasteiger partial charge < -0.3 is 10.6 Å². The number of alkyl halides is 6. The lowest BCUT2D eigenvalue weighted by Gasteiger charge is -2.37. The zero-order valence-electron chi connectivity index (χ0n) is 19.8. The average molecular weight is 552 g/mol. The average Bonchev–Trinajstić information content (AvgIpc) is 3.13. The zero-order valence-corrected chi connectivity index (χ0v) is 20.6. The summed E-state index contributed by atoms with van der Waals surface area (Å²) in [6.07, 6.45) is -6.94. The molecule has 4 rings (SSSR count). The summed E-state index contributed by atoms with van der Waals surface area (Å²) >= 11 is 1.45. The smallest absolute Gasteiger partial charge is 0.358 e. The molecule has 4 atom stereocenters. The number of hydrogen-bond acceptors (Lipinski definition) is 6. The van der Waals surface area contributed by atoms with Gasteiger partial charge in [0, 0.05) is 34.2 Å². The van der Waals surface area contributed by atoms with Crippen molar-refractivity contribution in [1.29, 1.82) is 0 Å². The van der Waals surface area contributed by atoms with E-state index in [0.29, 0.717) is 6.42 Å². The van der Waals surface area contributed by atoms with E-state index >= 15 is 0 Å². The van der Waals surface area contributed by atoms with Crippen LogP contribution in [0.1, 0.15) is 33.1 Å². The Morgan fingerprint density at radius 3 is 2.35 bits per heavy atom. The number of rotatable bonds is 6. The lowest BCUT2D eigenvalue weighted by molar-refractivity contribution is -0.186. The largest absolute Gasteiger partial charge is 0.431 e. The van der Waals surface area contributed by atoms with Crippen molar-refractivity contribution in [2.45, 2.75) is 67.3 Å². The molecule has 0 bridgehead atoms. The fraction of sp³-hybridized carbons (Fsp3) is 0.522. The highest BCUT2D eigenvalue weighted by Gasteiger charge is 2.55. The molecule has 1 amide bonds. The van der Waals surface area contributed by atoms with E-state index in [-0.39, 0.29) is 29.4 Å². The number of carbonyl (C=O) groups is 1. The maximum absolute atomic E-state index is 13.9. The fourth-order valence-corrected chi connectivity index (χ4v) is 5.49. The molecule has 2 heterocycles. The van der Waals surface area contributed by atoms with Gasteiger partial charge in [0.2, 0.25) is 11.6 Å². The number of hydrazone groups is 1. The lowest BCUT2D eigenvalue weighted by atomic mass is 9.81. The molecule has 1 aromatic carbocycles. The second-order valence-electron chi connectivity index (χ2n) is 9.64. The van der Waals surface area contributed by atoms with Crippen LogP contribution in [-0.2, 0) is 4.79 Å². The van der Waals surface area contributed by atoms with Crippen LogP contribution in [0, 0.1) is 11.2 Å². The number of benzene rings is 1. The zero-order chi connectivity index (χ0) is 27.2. The number of halogens is 7. The van der Waals surface area contributed by atoms with Gasteiger partial charge >= 0.3 is 12.4 Å². The number of hydrogen-bond donors (Lipinski definition) is 2. The molecule has 0 radical (unpaired) electrons. The first-order valence-corrected chi connectivity index (χ1v) is 12.2. The first-order chi connectivity index (χ1) is 17.1. The third-order valence-electron chi connectivity index (χ3n) is 6.57. The summed E-state index contributed by atoms with van der Waals surface area (Å²) in [7, 11) is 0. The summed E-state index contributed by atoms with van der Waals surface area (Å²) < 4.78 is 94.2. The minimum Gasteiger partial charge on any atom is -0.358 e. The van der Waals surface area contributed by atoms with Gasteiger partial charge in [0.15, 0.2) is 0 Å². The Bertz CT molecular complexity index is 1130. The van der Waals surface area contributed by atoms with E-state index in [1.165, 1.54) is 30.8 Å². The highest BCUT2D eigenvalue weighted by Crippen LogP contribution is 2.42. The number of carbonyl (C=O) groups excluding carboxylic acids is 1. The maximum atomic E-state index is 13.9. The first-order valence-electron chi connectivity index (χ1n) is 11.3. The molecule has 4 unspecified atom stereocenters. The Morgan fingerprint density at radius 2 is 1.84 bits per heavy atom. The van der Waals surface area contributed by atoms with Crippen molar-refractivity contribution in [2.75, 3.05) is 6.54 Å². The number of amides is 1. The third-order valence-corrected chi connectivity index (χ3v) is 7.99. The monoisotopic (exact) mass is 551 g/mol. The lowest BCUT2D eigenvalue weighted by Crippen LogP contribution is -2.53. The summed E-state index contributed by atoms with van der Waals surface area (Å²) in [6.45, 7) is 1.66. The van der Waals surface area contributed by atoms with Crippen LogP contribution in [0.2, 0.25) is 0 Å². The first kappa shape index (κ1) is 27.3. The van der Waals surface area contributed by atoms with Crippen LogP contribution in [0.25, 0.3) is 0 Å². The predicted molar refractivity (Wildman–Crippen MR) is 124 cm³/mol. The summed E-state index contributed by atoms with van der Waals surface area (Å²) in [6, 6.07) is 5.63. The van der Waals surface area contributed by atoms with Gasteiger partial charge in [0.25, 0.3) is 0 Å². The Morgan fingerprint density at radius 1 is 1.16 bits per heavy atom. The van der Waals surface area contributed by atoms with Crippen molar-refractivity contribution in [3.8, 4) is 0 Å². The molecule has 0 aromatic heterocycles. The molecule has 1 saturated carbocycles. The molecule has 14 heteroatoms. The molecular formula is C23H24F7N5OS. The molecule has 0 spiro atoms. The Kier molecular flexibility index (Phi) is 7.01. The summed E-state index contributed by atoms with van der Waals surface area (Å²) in [4.78, 5) is 17.1. The van der Waals surface area contributed by atoms with Crippen molar-refractivity contribution >= 4 is 29.6 Å². The molecule has 2 N–H and O–H groups in total. The highest BCUT2D eigenvalue weighted by molar-refractivity contribution is 8.00. The second kappa shape index (κ2) is 9.52. The SMILES string of the molecule is CC1(CC(=O)NC2CCC2Sc2ccc(F)cc2)CN(C2=CNC(C)(C(F)(F)F)N=C2)N=C1C(F)(F)F. The van der Waals surface area contributed by atoms with Gasteiger partial charge in [-0.1, -0.05) is 6.92 Å². The van der Waals surface area contributed by atoms with E-state index < -0.39 is 41.5 Å². The highest BCUT2D eigenvalue weighted by atomic mass is 32.2. The molecule has 0 saturated heterocycles. The molecule has 37 heavy (non-hydrogen) atoms. The number of thioether (sulfide) groups is 1. The van der Waals surface area contributed by atoms with Crippen molar-refractivity contribution < 1.29 is 35.5 Å². The van der Waals surface area contributed by atoms with Crippen LogP contribution in [0.15, 0.2) is 51.2 Å². The normalized spacial score (nSPS) is 29.8. The van der Waals surface area contributed by atoms with E-state index in [1.54, 1.807) is 12.1 Å². The van der Waals surface area contributed by atoms with Gasteiger partial charge in [-0.2, -0.15) is 31.4 Å². The Labute approximate surface area is 212 Å². The van der Waals surface area contributed by atoms with Gasteiger partial charge in [0.1, 0.15) is 11.5 Å². The van der Waals surface area contributed by atoms with Crippen LogP contribution in [0.5, 0.6) is 0 Å². The van der Waals surface area contributed by atoms with Crippen LogP contribution >= 0.6 is 11.8 Å². The van der Waals surface area contributed by atoms with E-state index in [0.717, 1.165) is 35.7 Å². The van der Waals surface area contributed by atoms with Crippen molar-refractivity contribution in [2.24, 2.45) is 15.5 Å². The van der Waals surface area contributed by atoms with Gasteiger partial charge in [-0.15, -0.1) is 11.8 Å². The molecular weight excluding hydrogens is 527 g/mol. The second-order valence-corrected chi connectivity index (χ2v) is 11.0. The van der Waals surface area contributed by atoms with Gasteiger partial charge in [0.05, 0.1) is 18.5 Å². The van der Waals surface area contributed by atoms with E-state index in [1.807, 2.05) is 0 Å².